The molecule has 2 aliphatic rings. The number of likely N-dealkylation sites (N-methyl/N-ethyl adjacent to an activating group) is 1. The molecule has 1 atom stereocenters. The quantitative estimate of drug-likeness (QED) is 0.698. The Morgan fingerprint density at radius 1 is 1.19 bits per heavy atom. The largest absolute Gasteiger partial charge is 0.461 e. The van der Waals surface area contributed by atoms with Crippen molar-refractivity contribution in [2.75, 3.05) is 39.8 Å². The average molecular weight is 363 g/mol. The van der Waals surface area contributed by atoms with Gasteiger partial charge in [-0.25, -0.2) is 0 Å². The normalized spacial score (nSPS) is 21.0. The number of methoxy groups -OCH3 is 1. The maximum Gasteiger partial charge on any atom is 0.312 e. The molecule has 2 fully saturated rings. The van der Waals surface area contributed by atoms with Gasteiger partial charge in [0, 0.05) is 33.3 Å². The molecule has 0 aliphatic carbocycles. The first-order valence-corrected chi connectivity index (χ1v) is 9.00. The van der Waals surface area contributed by atoms with Gasteiger partial charge in [-0.1, -0.05) is 0 Å². The van der Waals surface area contributed by atoms with E-state index in [2.05, 4.69) is 0 Å². The van der Waals surface area contributed by atoms with Crippen molar-refractivity contribution in [2.45, 2.75) is 32.4 Å². The number of hydrogen-bond acceptors (Lipinski definition) is 5. The van der Waals surface area contributed by atoms with Crippen molar-refractivity contribution in [3.8, 4) is 0 Å². The van der Waals surface area contributed by atoms with E-state index in [0.29, 0.717) is 32.8 Å². The molecule has 8 heteroatoms. The Hall–Kier alpha value is -2.35. The third-order valence-corrected chi connectivity index (χ3v) is 4.98. The highest BCUT2D eigenvalue weighted by molar-refractivity contribution is 6.35. The van der Waals surface area contributed by atoms with Gasteiger partial charge in [-0.2, -0.15) is 0 Å². The minimum Gasteiger partial charge on any atom is -0.461 e. The molecular weight excluding hydrogens is 338 g/mol. The number of rotatable bonds is 6. The summed E-state index contributed by atoms with van der Waals surface area (Å²) in [7, 11) is 1.60. The van der Waals surface area contributed by atoms with E-state index in [1.165, 1.54) is 9.80 Å². The molecular formula is C18H25N3O5. The third kappa shape index (κ3) is 3.60. The Morgan fingerprint density at radius 2 is 1.92 bits per heavy atom. The predicted octanol–water partition coefficient (Wildman–Crippen LogP) is 0.780. The lowest BCUT2D eigenvalue weighted by Gasteiger charge is -2.34. The number of hydrogen-bond donors (Lipinski definition) is 0. The van der Waals surface area contributed by atoms with Crippen molar-refractivity contribution < 1.29 is 23.5 Å². The van der Waals surface area contributed by atoms with Crippen LogP contribution >= 0.6 is 0 Å². The van der Waals surface area contributed by atoms with Crippen LogP contribution in [0, 0.1) is 0 Å². The van der Waals surface area contributed by atoms with E-state index in [9.17, 15) is 14.4 Å². The topological polar surface area (TPSA) is 83.3 Å². The molecule has 142 valence electrons. The number of furan rings is 1. The Labute approximate surface area is 152 Å². The van der Waals surface area contributed by atoms with E-state index in [4.69, 9.17) is 9.15 Å². The fraction of sp³-hybridized carbons (Fsp3) is 0.611. The first-order valence-electron chi connectivity index (χ1n) is 9.00. The lowest BCUT2D eigenvalue weighted by atomic mass is 10.1. The molecule has 8 nitrogen and oxygen atoms in total. The van der Waals surface area contributed by atoms with Crippen LogP contribution in [0.15, 0.2) is 16.5 Å². The molecule has 3 amide bonds. The molecule has 0 bridgehead atoms. The zero-order chi connectivity index (χ0) is 18.7. The molecule has 26 heavy (non-hydrogen) atoms. The Kier molecular flexibility index (Phi) is 5.61. The van der Waals surface area contributed by atoms with Crippen molar-refractivity contribution in [3.05, 3.63) is 23.7 Å². The van der Waals surface area contributed by atoms with Gasteiger partial charge in [0.1, 0.15) is 24.7 Å². The van der Waals surface area contributed by atoms with E-state index >= 15 is 0 Å². The number of ether oxygens (including phenoxy) is 1. The molecule has 0 unspecified atom stereocenters. The minimum atomic E-state index is -0.595. The Morgan fingerprint density at radius 3 is 2.65 bits per heavy atom. The third-order valence-electron chi connectivity index (χ3n) is 4.98. The summed E-state index contributed by atoms with van der Waals surface area (Å²) in [6, 6.07) is 3.60. The SMILES string of the molecule is CCN1CCN(CC(=O)N2CCC[C@H]2c2ccc(COC)o2)C(=O)C1=O. The standard InChI is InChI=1S/C18H25N3O5/c1-3-19-9-10-20(18(24)17(19)23)11-16(22)21-8-4-5-14(21)15-7-6-13(26-15)12-25-2/h6-7,14H,3-5,8-12H2,1-2H3/t14-/m0/s1. The summed E-state index contributed by atoms with van der Waals surface area (Å²) in [5.74, 6) is 0.185. The monoisotopic (exact) mass is 363 g/mol. The zero-order valence-corrected chi connectivity index (χ0v) is 15.3. The van der Waals surface area contributed by atoms with Gasteiger partial charge in [0.2, 0.25) is 5.91 Å². The lowest BCUT2D eigenvalue weighted by molar-refractivity contribution is -0.157. The van der Waals surface area contributed by atoms with Gasteiger partial charge < -0.3 is 23.9 Å². The molecule has 2 saturated heterocycles. The van der Waals surface area contributed by atoms with Gasteiger partial charge in [0.05, 0.1) is 6.04 Å². The Balaban J connectivity index is 1.65. The van der Waals surface area contributed by atoms with Crippen LogP contribution in [0.2, 0.25) is 0 Å². The lowest BCUT2D eigenvalue weighted by Crippen LogP contribution is -2.56. The van der Waals surface area contributed by atoms with Crippen molar-refractivity contribution >= 4 is 17.7 Å². The molecule has 0 spiro atoms. The van der Waals surface area contributed by atoms with Gasteiger partial charge in [-0.3, -0.25) is 14.4 Å². The van der Waals surface area contributed by atoms with Crippen LogP contribution < -0.4 is 0 Å². The molecule has 0 aromatic carbocycles. The second-order valence-corrected chi connectivity index (χ2v) is 6.59. The molecule has 2 aliphatic heterocycles. The van der Waals surface area contributed by atoms with Gasteiger partial charge in [-0.15, -0.1) is 0 Å². The highest BCUT2D eigenvalue weighted by Gasteiger charge is 2.36. The van der Waals surface area contributed by atoms with E-state index in [-0.39, 0.29) is 18.5 Å². The maximum atomic E-state index is 12.8. The average Bonchev–Trinajstić information content (AvgIpc) is 3.28. The maximum absolute atomic E-state index is 12.8. The number of nitrogens with zero attached hydrogens (tertiary/aromatic N) is 3. The van der Waals surface area contributed by atoms with E-state index in [1.54, 1.807) is 12.0 Å². The highest BCUT2D eigenvalue weighted by Crippen LogP contribution is 2.33. The van der Waals surface area contributed by atoms with Crippen LogP contribution in [-0.2, 0) is 25.7 Å². The summed E-state index contributed by atoms with van der Waals surface area (Å²) in [5.41, 5.74) is 0. The van der Waals surface area contributed by atoms with Gasteiger partial charge in [0.25, 0.3) is 0 Å². The first-order chi connectivity index (χ1) is 12.5. The predicted molar refractivity (Wildman–Crippen MR) is 91.9 cm³/mol. The Bertz CT molecular complexity index is 686. The highest BCUT2D eigenvalue weighted by atomic mass is 16.5. The molecule has 3 rings (SSSR count). The number of piperazine rings is 1. The smallest absolute Gasteiger partial charge is 0.312 e. The van der Waals surface area contributed by atoms with Crippen molar-refractivity contribution in [2.24, 2.45) is 0 Å². The summed E-state index contributed by atoms with van der Waals surface area (Å²) in [4.78, 5) is 41.6. The van der Waals surface area contributed by atoms with Gasteiger partial charge >= 0.3 is 11.8 Å². The first kappa shape index (κ1) is 18.4. The second-order valence-electron chi connectivity index (χ2n) is 6.59. The zero-order valence-electron chi connectivity index (χ0n) is 15.3. The fourth-order valence-electron chi connectivity index (χ4n) is 3.58. The van der Waals surface area contributed by atoms with Crippen LogP contribution in [0.25, 0.3) is 0 Å². The van der Waals surface area contributed by atoms with Crippen molar-refractivity contribution in [1.29, 1.82) is 0 Å². The number of amides is 3. The molecule has 0 N–H and O–H groups in total. The van der Waals surface area contributed by atoms with Gasteiger partial charge in [-0.05, 0) is 31.9 Å². The van der Waals surface area contributed by atoms with Crippen LogP contribution in [-0.4, -0.2) is 72.3 Å². The van der Waals surface area contributed by atoms with Crippen molar-refractivity contribution in [1.82, 2.24) is 14.7 Å². The van der Waals surface area contributed by atoms with E-state index in [1.807, 2.05) is 19.1 Å². The van der Waals surface area contributed by atoms with Crippen LogP contribution in [0.1, 0.15) is 37.3 Å². The summed E-state index contributed by atoms with van der Waals surface area (Å²) in [6.45, 7) is 4.15. The molecule has 1 aromatic heterocycles. The molecule has 0 radical (unpaired) electrons. The summed E-state index contributed by atoms with van der Waals surface area (Å²) in [6.07, 6.45) is 1.70. The van der Waals surface area contributed by atoms with Gasteiger partial charge in [0.15, 0.2) is 0 Å². The fourth-order valence-corrected chi connectivity index (χ4v) is 3.58. The van der Waals surface area contributed by atoms with Crippen LogP contribution in [0.4, 0.5) is 0 Å². The van der Waals surface area contributed by atoms with Crippen LogP contribution in [0.5, 0.6) is 0 Å². The van der Waals surface area contributed by atoms with E-state index in [0.717, 1.165) is 24.4 Å². The van der Waals surface area contributed by atoms with Crippen LogP contribution in [0.3, 0.4) is 0 Å². The molecule has 0 saturated carbocycles. The number of carbonyl (C=O) groups is 3. The summed E-state index contributed by atoms with van der Waals surface area (Å²) < 4.78 is 10.8. The van der Waals surface area contributed by atoms with E-state index < -0.39 is 11.8 Å². The molecule has 1 aromatic rings. The summed E-state index contributed by atoms with van der Waals surface area (Å²) in [5, 5.41) is 0. The molecule has 3 heterocycles. The number of carbonyl (C=O) groups excluding carboxylic acids is 3. The second kappa shape index (κ2) is 7.90. The number of likely N-dealkylation sites (tertiary alicyclic amines) is 1. The summed E-state index contributed by atoms with van der Waals surface area (Å²) >= 11 is 0. The minimum absolute atomic E-state index is 0.0652. The van der Waals surface area contributed by atoms with Crippen molar-refractivity contribution in [3.63, 3.8) is 0 Å².